The molecule has 1 aromatic heterocycles. The second-order valence-electron chi connectivity index (χ2n) is 6.27. The van der Waals surface area contributed by atoms with E-state index in [0.29, 0.717) is 17.8 Å². The van der Waals surface area contributed by atoms with Gasteiger partial charge < -0.3 is 15.6 Å². The summed E-state index contributed by atoms with van der Waals surface area (Å²) < 4.78 is 0.808. The maximum atomic E-state index is 12.3. The van der Waals surface area contributed by atoms with Gasteiger partial charge in [0.2, 0.25) is 5.91 Å². The number of rotatable bonds is 7. The summed E-state index contributed by atoms with van der Waals surface area (Å²) in [6.07, 6.45) is 2.43. The summed E-state index contributed by atoms with van der Waals surface area (Å²) in [6, 6.07) is 16.6. The fourth-order valence-corrected chi connectivity index (χ4v) is 3.18. The van der Waals surface area contributed by atoms with E-state index in [9.17, 15) is 9.59 Å². The van der Waals surface area contributed by atoms with Gasteiger partial charge in [-0.3, -0.25) is 9.59 Å². The van der Waals surface area contributed by atoms with Crippen molar-refractivity contribution in [3.05, 3.63) is 76.7 Å². The zero-order chi connectivity index (χ0) is 19.9. The Hall–Kier alpha value is -2.93. The van der Waals surface area contributed by atoms with Crippen LogP contribution in [0.1, 0.15) is 35.6 Å². The van der Waals surface area contributed by atoms with E-state index < -0.39 is 0 Å². The Morgan fingerprint density at radius 1 is 1.14 bits per heavy atom. The molecule has 28 heavy (non-hydrogen) atoms. The summed E-state index contributed by atoms with van der Waals surface area (Å²) in [6.45, 7) is 1.86. The summed E-state index contributed by atoms with van der Waals surface area (Å²) >= 11 is 3.33. The molecule has 2 amide bonds. The van der Waals surface area contributed by atoms with Gasteiger partial charge in [0.15, 0.2) is 0 Å². The molecule has 0 radical (unpaired) electrons. The van der Waals surface area contributed by atoms with Gasteiger partial charge >= 0.3 is 0 Å². The van der Waals surface area contributed by atoms with Crippen LogP contribution >= 0.6 is 15.9 Å². The van der Waals surface area contributed by atoms with Crippen molar-refractivity contribution in [2.45, 2.75) is 19.4 Å². The van der Waals surface area contributed by atoms with Crippen LogP contribution in [0.15, 0.2) is 65.3 Å². The molecule has 3 aromatic rings. The van der Waals surface area contributed by atoms with Crippen molar-refractivity contribution in [3.8, 4) is 11.3 Å². The number of nitrogens with one attached hydrogen (secondary N) is 3. The van der Waals surface area contributed by atoms with Crippen LogP contribution in [0, 0.1) is 0 Å². The standard InChI is InChI=1S/C21H21BrN4O2/c1-2-17(20-23-12-18(26-20)14-7-4-3-5-8-14)25-19(27)13-24-21(28)15-9-6-10-16(22)11-15/h3-12,17H,2,13H2,1H3,(H,23,26)(H,24,28)(H,25,27). The van der Waals surface area contributed by atoms with Gasteiger partial charge in [-0.25, -0.2) is 4.98 Å². The average molecular weight is 441 g/mol. The molecule has 0 aliphatic rings. The number of halogens is 1. The lowest BCUT2D eigenvalue weighted by atomic mass is 10.2. The van der Waals surface area contributed by atoms with E-state index in [2.05, 4.69) is 36.5 Å². The third-order valence-corrected chi connectivity index (χ3v) is 4.74. The number of carbonyl (C=O) groups excluding carboxylic acids is 2. The predicted molar refractivity (Wildman–Crippen MR) is 112 cm³/mol. The number of nitrogens with zero attached hydrogens (tertiary/aromatic N) is 1. The quantitative estimate of drug-likeness (QED) is 0.521. The first-order valence-corrected chi connectivity index (χ1v) is 9.79. The zero-order valence-corrected chi connectivity index (χ0v) is 17.0. The molecule has 6 nitrogen and oxygen atoms in total. The largest absolute Gasteiger partial charge is 0.345 e. The highest BCUT2D eigenvalue weighted by atomic mass is 79.9. The third-order valence-electron chi connectivity index (χ3n) is 4.25. The highest BCUT2D eigenvalue weighted by Gasteiger charge is 2.17. The summed E-state index contributed by atoms with van der Waals surface area (Å²) in [4.78, 5) is 32.1. The molecule has 0 saturated heterocycles. The normalized spacial score (nSPS) is 11.6. The first-order chi connectivity index (χ1) is 13.6. The molecule has 0 bridgehead atoms. The number of H-pyrrole nitrogens is 1. The number of aromatic nitrogens is 2. The Morgan fingerprint density at radius 3 is 2.64 bits per heavy atom. The van der Waals surface area contributed by atoms with Gasteiger partial charge in [0.05, 0.1) is 24.5 Å². The van der Waals surface area contributed by atoms with Crippen LogP contribution < -0.4 is 10.6 Å². The minimum absolute atomic E-state index is 0.103. The maximum absolute atomic E-state index is 12.3. The molecule has 1 heterocycles. The highest BCUT2D eigenvalue weighted by molar-refractivity contribution is 9.10. The second-order valence-corrected chi connectivity index (χ2v) is 7.19. The Bertz CT molecular complexity index is 956. The molecule has 0 aliphatic heterocycles. The van der Waals surface area contributed by atoms with Crippen molar-refractivity contribution in [1.29, 1.82) is 0 Å². The van der Waals surface area contributed by atoms with Crippen LogP contribution in [-0.4, -0.2) is 28.3 Å². The van der Waals surface area contributed by atoms with Gasteiger partial charge in [0.25, 0.3) is 5.91 Å². The molecule has 1 atom stereocenters. The lowest BCUT2D eigenvalue weighted by Crippen LogP contribution is -2.38. The van der Waals surface area contributed by atoms with Gasteiger partial charge in [-0.2, -0.15) is 0 Å². The third kappa shape index (κ3) is 5.07. The fourth-order valence-electron chi connectivity index (χ4n) is 2.78. The minimum Gasteiger partial charge on any atom is -0.345 e. The molecular weight excluding hydrogens is 420 g/mol. The van der Waals surface area contributed by atoms with Crippen LogP contribution in [0.4, 0.5) is 0 Å². The van der Waals surface area contributed by atoms with E-state index in [-0.39, 0.29) is 24.4 Å². The van der Waals surface area contributed by atoms with Crippen LogP contribution in [0.3, 0.4) is 0 Å². The van der Waals surface area contributed by atoms with Crippen LogP contribution in [-0.2, 0) is 4.79 Å². The van der Waals surface area contributed by atoms with Crippen molar-refractivity contribution in [3.63, 3.8) is 0 Å². The lowest BCUT2D eigenvalue weighted by molar-refractivity contribution is -0.121. The van der Waals surface area contributed by atoms with Crippen LogP contribution in [0.25, 0.3) is 11.3 Å². The summed E-state index contributed by atoms with van der Waals surface area (Å²) in [7, 11) is 0. The molecule has 0 fully saturated rings. The molecule has 3 rings (SSSR count). The van der Waals surface area contributed by atoms with Crippen molar-refractivity contribution >= 4 is 27.7 Å². The van der Waals surface area contributed by atoms with Crippen molar-refractivity contribution in [2.75, 3.05) is 6.54 Å². The van der Waals surface area contributed by atoms with Crippen molar-refractivity contribution in [2.24, 2.45) is 0 Å². The molecule has 0 saturated carbocycles. The number of hydrogen-bond donors (Lipinski definition) is 3. The van der Waals surface area contributed by atoms with E-state index in [0.717, 1.165) is 15.7 Å². The van der Waals surface area contributed by atoms with E-state index in [1.54, 1.807) is 24.4 Å². The number of benzene rings is 2. The fraction of sp³-hybridized carbons (Fsp3) is 0.190. The van der Waals surface area contributed by atoms with Gasteiger partial charge in [0, 0.05) is 10.0 Å². The summed E-state index contributed by atoms with van der Waals surface area (Å²) in [5.74, 6) is 0.120. The zero-order valence-electron chi connectivity index (χ0n) is 15.4. The van der Waals surface area contributed by atoms with Gasteiger partial charge in [0.1, 0.15) is 5.82 Å². The van der Waals surface area contributed by atoms with Crippen molar-refractivity contribution in [1.82, 2.24) is 20.6 Å². The molecule has 2 aromatic carbocycles. The molecular formula is C21H21BrN4O2. The first kappa shape index (κ1) is 19.8. The Morgan fingerprint density at radius 2 is 1.93 bits per heavy atom. The van der Waals surface area contributed by atoms with Gasteiger partial charge in [-0.1, -0.05) is 59.3 Å². The highest BCUT2D eigenvalue weighted by Crippen LogP contribution is 2.20. The first-order valence-electron chi connectivity index (χ1n) is 9.00. The maximum Gasteiger partial charge on any atom is 0.251 e. The molecule has 7 heteroatoms. The number of carbonyl (C=O) groups is 2. The van der Waals surface area contributed by atoms with E-state index in [1.807, 2.05) is 43.3 Å². The molecule has 1 unspecified atom stereocenters. The SMILES string of the molecule is CCC(NC(=O)CNC(=O)c1cccc(Br)c1)c1ncc(-c2ccccc2)[nH]1. The second kappa shape index (κ2) is 9.32. The summed E-state index contributed by atoms with van der Waals surface area (Å²) in [5, 5.41) is 5.54. The van der Waals surface area contributed by atoms with E-state index >= 15 is 0 Å². The van der Waals surface area contributed by atoms with Gasteiger partial charge in [-0.15, -0.1) is 0 Å². The number of imidazole rings is 1. The Labute approximate surface area is 171 Å². The van der Waals surface area contributed by atoms with E-state index in [4.69, 9.17) is 0 Å². The van der Waals surface area contributed by atoms with Crippen LogP contribution in [0.5, 0.6) is 0 Å². The van der Waals surface area contributed by atoms with Crippen LogP contribution in [0.2, 0.25) is 0 Å². The number of amides is 2. The van der Waals surface area contributed by atoms with E-state index in [1.165, 1.54) is 0 Å². The molecule has 0 aliphatic carbocycles. The smallest absolute Gasteiger partial charge is 0.251 e. The molecule has 0 spiro atoms. The van der Waals surface area contributed by atoms with Gasteiger partial charge in [-0.05, 0) is 30.2 Å². The average Bonchev–Trinajstić information content (AvgIpc) is 3.21. The monoisotopic (exact) mass is 440 g/mol. The van der Waals surface area contributed by atoms with Crippen molar-refractivity contribution < 1.29 is 9.59 Å². The Kier molecular flexibility index (Phi) is 6.60. The predicted octanol–water partition coefficient (Wildman–Crippen LogP) is 3.84. The minimum atomic E-state index is -0.297. The topological polar surface area (TPSA) is 86.9 Å². The lowest BCUT2D eigenvalue weighted by Gasteiger charge is -2.15. The molecule has 144 valence electrons. The Balaban J connectivity index is 1.58. The number of hydrogen-bond acceptors (Lipinski definition) is 3. The molecule has 3 N–H and O–H groups in total. The number of aromatic amines is 1. The summed E-state index contributed by atoms with van der Waals surface area (Å²) in [5.41, 5.74) is 2.42.